The predicted molar refractivity (Wildman–Crippen MR) is 87.4 cm³/mol. The molecule has 0 saturated carbocycles. The van der Waals surface area contributed by atoms with E-state index in [1.807, 2.05) is 53.1 Å². The maximum Gasteiger partial charge on any atom is 0.309 e. The predicted octanol–water partition coefficient (Wildman–Crippen LogP) is 3.27. The lowest BCUT2D eigenvalue weighted by Crippen LogP contribution is -2.11. The van der Waals surface area contributed by atoms with Crippen LogP contribution >= 0.6 is 11.6 Å². The number of imidazole rings is 1. The summed E-state index contributed by atoms with van der Waals surface area (Å²) < 4.78 is 1.81. The van der Waals surface area contributed by atoms with Gasteiger partial charge >= 0.3 is 5.97 Å². The molecule has 3 aromatic rings. The first-order valence-corrected chi connectivity index (χ1v) is 7.45. The summed E-state index contributed by atoms with van der Waals surface area (Å²) in [6, 6.07) is 15.2. The van der Waals surface area contributed by atoms with E-state index in [1.54, 1.807) is 6.20 Å². The number of benzene rings is 1. The third-order valence-corrected chi connectivity index (χ3v) is 3.72. The number of pyridine rings is 1. The quantitative estimate of drug-likeness (QED) is 0.781. The Hall–Kier alpha value is -2.66. The first kappa shape index (κ1) is 15.2. The van der Waals surface area contributed by atoms with Gasteiger partial charge in [0, 0.05) is 11.8 Å². The number of halogens is 1. The largest absolute Gasteiger partial charge is 0.481 e. The number of hydrogen-bond donors (Lipinski definition) is 1. The molecule has 3 rings (SSSR count). The zero-order valence-corrected chi connectivity index (χ0v) is 12.9. The van der Waals surface area contributed by atoms with Crippen molar-refractivity contribution in [1.82, 2.24) is 14.5 Å². The minimum Gasteiger partial charge on any atom is -0.481 e. The van der Waals surface area contributed by atoms with Crippen LogP contribution in [0, 0.1) is 0 Å². The van der Waals surface area contributed by atoms with Gasteiger partial charge in [0.2, 0.25) is 0 Å². The lowest BCUT2D eigenvalue weighted by Gasteiger charge is -2.11. The average molecular weight is 328 g/mol. The molecule has 116 valence electrons. The fourth-order valence-corrected chi connectivity index (χ4v) is 2.65. The molecule has 0 aliphatic rings. The average Bonchev–Trinajstić information content (AvgIpc) is 2.85. The fraction of sp³-hybridized carbons (Fsp3) is 0.118. The Kier molecular flexibility index (Phi) is 4.39. The van der Waals surface area contributed by atoms with E-state index in [1.165, 1.54) is 0 Å². The van der Waals surface area contributed by atoms with Crippen LogP contribution in [0.25, 0.3) is 11.4 Å². The minimum atomic E-state index is -0.950. The number of nitrogens with zero attached hydrogens (tertiary/aromatic N) is 3. The Balaban J connectivity index is 2.10. The second kappa shape index (κ2) is 6.62. The van der Waals surface area contributed by atoms with Crippen LogP contribution in [0.4, 0.5) is 0 Å². The van der Waals surface area contributed by atoms with E-state index >= 15 is 0 Å². The summed E-state index contributed by atoms with van der Waals surface area (Å²) in [4.78, 5) is 19.8. The van der Waals surface area contributed by atoms with E-state index < -0.39 is 5.97 Å². The lowest BCUT2D eigenvalue weighted by atomic mass is 10.2. The molecule has 0 atom stereocenters. The third kappa shape index (κ3) is 3.40. The van der Waals surface area contributed by atoms with Crippen LogP contribution < -0.4 is 0 Å². The monoisotopic (exact) mass is 327 g/mol. The normalized spacial score (nSPS) is 10.7. The number of hydrogen-bond acceptors (Lipinski definition) is 3. The standard InChI is InChI=1S/C17H14ClN3O2/c18-16-14(10-15(22)23)21(11-13-8-4-5-9-19-13)17(20-16)12-6-2-1-3-7-12/h1-9H,10-11H2,(H,22,23). The molecule has 23 heavy (non-hydrogen) atoms. The fourth-order valence-electron chi connectivity index (χ4n) is 2.40. The van der Waals surface area contributed by atoms with E-state index in [0.717, 1.165) is 11.3 Å². The highest BCUT2D eigenvalue weighted by atomic mass is 35.5. The van der Waals surface area contributed by atoms with Crippen LogP contribution in [0.3, 0.4) is 0 Å². The van der Waals surface area contributed by atoms with Crippen molar-refractivity contribution in [3.63, 3.8) is 0 Å². The number of carbonyl (C=O) groups is 1. The lowest BCUT2D eigenvalue weighted by molar-refractivity contribution is -0.136. The van der Waals surface area contributed by atoms with Gasteiger partial charge in [0.15, 0.2) is 5.15 Å². The van der Waals surface area contributed by atoms with E-state index in [0.29, 0.717) is 18.1 Å². The van der Waals surface area contributed by atoms with E-state index in [-0.39, 0.29) is 11.6 Å². The van der Waals surface area contributed by atoms with Gasteiger partial charge in [-0.1, -0.05) is 48.0 Å². The molecule has 0 fully saturated rings. The molecule has 2 aromatic heterocycles. The van der Waals surface area contributed by atoms with Crippen LogP contribution in [0.2, 0.25) is 5.15 Å². The van der Waals surface area contributed by atoms with Crippen molar-refractivity contribution in [3.8, 4) is 11.4 Å². The molecule has 0 aliphatic heterocycles. The minimum absolute atomic E-state index is 0.189. The summed E-state index contributed by atoms with van der Waals surface area (Å²) in [5.74, 6) is -0.314. The number of aromatic nitrogens is 3. The van der Waals surface area contributed by atoms with Crippen molar-refractivity contribution in [2.45, 2.75) is 13.0 Å². The van der Waals surface area contributed by atoms with Crippen molar-refractivity contribution in [2.75, 3.05) is 0 Å². The summed E-state index contributed by atoms with van der Waals surface area (Å²) in [7, 11) is 0. The molecule has 6 heteroatoms. The Morgan fingerprint density at radius 3 is 2.52 bits per heavy atom. The Bertz CT molecular complexity index is 817. The van der Waals surface area contributed by atoms with Gasteiger partial charge in [-0.15, -0.1) is 0 Å². The van der Waals surface area contributed by atoms with Gasteiger partial charge in [-0.05, 0) is 12.1 Å². The first-order chi connectivity index (χ1) is 11.1. The van der Waals surface area contributed by atoms with Crippen molar-refractivity contribution in [3.05, 3.63) is 71.3 Å². The molecule has 0 spiro atoms. The molecule has 0 unspecified atom stereocenters. The van der Waals surface area contributed by atoms with Crippen LogP contribution in [0.15, 0.2) is 54.7 Å². The highest BCUT2D eigenvalue weighted by Crippen LogP contribution is 2.26. The first-order valence-electron chi connectivity index (χ1n) is 7.07. The summed E-state index contributed by atoms with van der Waals surface area (Å²) >= 11 is 6.19. The molecule has 0 saturated heterocycles. The molecule has 2 heterocycles. The molecule has 1 N–H and O–H groups in total. The topological polar surface area (TPSA) is 68.0 Å². The van der Waals surface area contributed by atoms with Crippen LogP contribution in [0.5, 0.6) is 0 Å². The zero-order chi connectivity index (χ0) is 16.2. The Morgan fingerprint density at radius 2 is 1.87 bits per heavy atom. The summed E-state index contributed by atoms with van der Waals surface area (Å²) in [6.07, 6.45) is 1.51. The number of rotatable bonds is 5. The highest BCUT2D eigenvalue weighted by Gasteiger charge is 2.19. The maximum absolute atomic E-state index is 11.2. The Labute approximate surface area is 138 Å². The molecule has 0 amide bonds. The highest BCUT2D eigenvalue weighted by molar-refractivity contribution is 6.30. The van der Waals surface area contributed by atoms with E-state index in [4.69, 9.17) is 16.7 Å². The van der Waals surface area contributed by atoms with Gasteiger partial charge in [0.25, 0.3) is 0 Å². The smallest absolute Gasteiger partial charge is 0.309 e. The third-order valence-electron chi connectivity index (χ3n) is 3.42. The Morgan fingerprint density at radius 1 is 1.13 bits per heavy atom. The van der Waals surface area contributed by atoms with Crippen molar-refractivity contribution in [1.29, 1.82) is 0 Å². The summed E-state index contributed by atoms with van der Waals surface area (Å²) in [5, 5.41) is 9.36. The molecule has 0 radical (unpaired) electrons. The van der Waals surface area contributed by atoms with Crippen LogP contribution in [-0.4, -0.2) is 25.6 Å². The van der Waals surface area contributed by atoms with Gasteiger partial charge in [0.1, 0.15) is 5.82 Å². The van der Waals surface area contributed by atoms with Gasteiger partial charge in [-0.2, -0.15) is 0 Å². The summed E-state index contributed by atoms with van der Waals surface area (Å²) in [5.41, 5.74) is 2.16. The molecule has 1 aromatic carbocycles. The van der Waals surface area contributed by atoms with E-state index in [2.05, 4.69) is 9.97 Å². The van der Waals surface area contributed by atoms with Crippen LogP contribution in [0.1, 0.15) is 11.4 Å². The van der Waals surface area contributed by atoms with Gasteiger partial charge < -0.3 is 9.67 Å². The van der Waals surface area contributed by atoms with Crippen molar-refractivity contribution >= 4 is 17.6 Å². The van der Waals surface area contributed by atoms with Crippen molar-refractivity contribution < 1.29 is 9.90 Å². The second-order valence-electron chi connectivity index (χ2n) is 5.02. The number of carboxylic acids is 1. The van der Waals surface area contributed by atoms with Gasteiger partial charge in [-0.3, -0.25) is 9.78 Å². The van der Waals surface area contributed by atoms with Gasteiger partial charge in [-0.25, -0.2) is 4.98 Å². The number of aliphatic carboxylic acids is 1. The molecule has 5 nitrogen and oxygen atoms in total. The maximum atomic E-state index is 11.2. The summed E-state index contributed by atoms with van der Waals surface area (Å²) in [6.45, 7) is 0.410. The SMILES string of the molecule is O=C(O)Cc1c(Cl)nc(-c2ccccc2)n1Cc1ccccn1. The van der Waals surface area contributed by atoms with E-state index in [9.17, 15) is 4.79 Å². The van der Waals surface area contributed by atoms with Crippen LogP contribution in [-0.2, 0) is 17.8 Å². The second-order valence-corrected chi connectivity index (χ2v) is 5.37. The molecule has 0 aliphatic carbocycles. The molecular formula is C17H14ClN3O2. The molecular weight excluding hydrogens is 314 g/mol. The van der Waals surface area contributed by atoms with Crippen molar-refractivity contribution in [2.24, 2.45) is 0 Å². The zero-order valence-electron chi connectivity index (χ0n) is 12.2. The number of carboxylic acid groups (broad SMARTS) is 1. The molecule has 0 bridgehead atoms. The van der Waals surface area contributed by atoms with Gasteiger partial charge in [0.05, 0.1) is 24.4 Å².